The molecule has 3 heteroatoms. The highest BCUT2D eigenvalue weighted by molar-refractivity contribution is 5.83. The zero-order valence-electron chi connectivity index (χ0n) is 13.6. The summed E-state index contributed by atoms with van der Waals surface area (Å²) in [5.41, 5.74) is 2.17. The van der Waals surface area contributed by atoms with Crippen molar-refractivity contribution in [2.24, 2.45) is 0 Å². The lowest BCUT2D eigenvalue weighted by Crippen LogP contribution is -2.30. The minimum absolute atomic E-state index is 0.281. The van der Waals surface area contributed by atoms with Gasteiger partial charge in [0.05, 0.1) is 0 Å². The number of aromatic amines is 1. The number of hydrogen-bond donors (Lipinski definition) is 2. The van der Waals surface area contributed by atoms with Crippen LogP contribution in [0, 0.1) is 5.82 Å². The van der Waals surface area contributed by atoms with Crippen LogP contribution in [0.25, 0.3) is 10.9 Å². The summed E-state index contributed by atoms with van der Waals surface area (Å²) < 4.78 is 13.7. The molecule has 4 rings (SSSR count). The zero-order valence-corrected chi connectivity index (χ0v) is 13.6. The van der Waals surface area contributed by atoms with Crippen molar-refractivity contribution in [1.29, 1.82) is 0 Å². The Morgan fingerprint density at radius 2 is 1.44 bits per heavy atom. The molecule has 25 heavy (non-hydrogen) atoms. The number of fused-ring (bicyclic) bond motifs is 1. The van der Waals surface area contributed by atoms with Gasteiger partial charge in [-0.1, -0.05) is 60.7 Å². The largest absolute Gasteiger partial charge is 0.380 e. The third-order valence-electron chi connectivity index (χ3n) is 4.68. The summed E-state index contributed by atoms with van der Waals surface area (Å²) in [5.74, 6) is -0.281. The number of hydrogen-bond acceptors (Lipinski definition) is 1. The summed E-state index contributed by atoms with van der Waals surface area (Å²) in [7, 11) is 0. The van der Waals surface area contributed by atoms with Gasteiger partial charge in [-0.25, -0.2) is 4.39 Å². The lowest BCUT2D eigenvalue weighted by Gasteiger charge is -2.29. The average Bonchev–Trinajstić information content (AvgIpc) is 3.05. The smallest absolute Gasteiger partial charge is 0.123 e. The van der Waals surface area contributed by atoms with E-state index >= 15 is 0 Å². The van der Waals surface area contributed by atoms with Crippen molar-refractivity contribution < 1.29 is 9.50 Å². The quantitative estimate of drug-likeness (QED) is 0.554. The molecule has 0 aliphatic carbocycles. The first-order valence-corrected chi connectivity index (χ1v) is 8.26. The lowest BCUT2D eigenvalue weighted by atomic mass is 9.81. The first-order valence-electron chi connectivity index (χ1n) is 8.26. The van der Waals surface area contributed by atoms with Gasteiger partial charge in [-0.15, -0.1) is 0 Å². The molecule has 0 spiro atoms. The summed E-state index contributed by atoms with van der Waals surface area (Å²) in [6.07, 6.45) is 2.20. The van der Waals surface area contributed by atoms with E-state index < -0.39 is 5.60 Å². The normalized spacial score (nSPS) is 11.8. The fourth-order valence-electron chi connectivity index (χ4n) is 3.37. The van der Waals surface area contributed by atoms with Crippen LogP contribution >= 0.6 is 0 Å². The van der Waals surface area contributed by atoms with E-state index in [9.17, 15) is 9.50 Å². The van der Waals surface area contributed by atoms with Crippen LogP contribution in [0.3, 0.4) is 0 Å². The average molecular weight is 331 g/mol. The van der Waals surface area contributed by atoms with Gasteiger partial charge in [-0.05, 0) is 34.9 Å². The molecular formula is C22H18FNO. The van der Waals surface area contributed by atoms with Gasteiger partial charge in [0.15, 0.2) is 0 Å². The van der Waals surface area contributed by atoms with Crippen molar-refractivity contribution in [2.75, 3.05) is 0 Å². The monoisotopic (exact) mass is 331 g/mol. The molecular weight excluding hydrogens is 313 g/mol. The Morgan fingerprint density at radius 3 is 2.04 bits per heavy atom. The van der Waals surface area contributed by atoms with Gasteiger partial charge in [-0.2, -0.15) is 0 Å². The van der Waals surface area contributed by atoms with E-state index in [0.29, 0.717) is 6.42 Å². The molecule has 0 saturated heterocycles. The molecule has 0 radical (unpaired) electrons. The first kappa shape index (κ1) is 15.6. The zero-order chi connectivity index (χ0) is 17.3. The maximum Gasteiger partial charge on any atom is 0.123 e. The van der Waals surface area contributed by atoms with Gasteiger partial charge in [0, 0.05) is 23.5 Å². The van der Waals surface area contributed by atoms with E-state index in [2.05, 4.69) is 4.98 Å². The van der Waals surface area contributed by atoms with Gasteiger partial charge in [0.2, 0.25) is 0 Å². The molecule has 3 aromatic carbocycles. The highest BCUT2D eigenvalue weighted by atomic mass is 19.1. The molecule has 1 aromatic heterocycles. The van der Waals surface area contributed by atoms with Crippen LogP contribution in [0.1, 0.15) is 16.7 Å². The van der Waals surface area contributed by atoms with Crippen molar-refractivity contribution in [3.05, 3.63) is 108 Å². The van der Waals surface area contributed by atoms with Gasteiger partial charge >= 0.3 is 0 Å². The molecule has 0 unspecified atom stereocenters. The fourth-order valence-corrected chi connectivity index (χ4v) is 3.37. The van der Waals surface area contributed by atoms with Gasteiger partial charge in [-0.3, -0.25) is 0 Å². The number of benzene rings is 3. The number of rotatable bonds is 4. The lowest BCUT2D eigenvalue weighted by molar-refractivity contribution is 0.0815. The molecule has 2 nitrogen and oxygen atoms in total. The minimum atomic E-state index is -1.19. The topological polar surface area (TPSA) is 36.0 Å². The van der Waals surface area contributed by atoms with Crippen LogP contribution in [-0.2, 0) is 12.0 Å². The third-order valence-corrected chi connectivity index (χ3v) is 4.68. The second-order valence-corrected chi connectivity index (χ2v) is 6.27. The predicted octanol–water partition coefficient (Wildman–Crippen LogP) is 4.79. The standard InChI is InChI=1S/C22H18FNO/c23-19-11-12-21-20(13-19)16(15-24-21)14-22(25,17-7-3-1-4-8-17)18-9-5-2-6-10-18/h1-13,15,24-25H,14H2. The summed E-state index contributed by atoms with van der Waals surface area (Å²) in [6, 6.07) is 23.9. The number of aromatic nitrogens is 1. The Balaban J connectivity index is 1.85. The van der Waals surface area contributed by atoms with Crippen LogP contribution in [0.4, 0.5) is 4.39 Å². The Morgan fingerprint density at radius 1 is 0.840 bits per heavy atom. The minimum Gasteiger partial charge on any atom is -0.380 e. The molecule has 0 amide bonds. The molecule has 0 fully saturated rings. The van der Waals surface area contributed by atoms with E-state index in [0.717, 1.165) is 27.6 Å². The van der Waals surface area contributed by atoms with E-state index in [1.165, 1.54) is 12.1 Å². The van der Waals surface area contributed by atoms with Gasteiger partial charge in [0.25, 0.3) is 0 Å². The fraction of sp³-hybridized carbons (Fsp3) is 0.0909. The van der Waals surface area contributed by atoms with E-state index in [4.69, 9.17) is 0 Å². The maximum atomic E-state index is 13.7. The van der Waals surface area contributed by atoms with Gasteiger partial charge in [0.1, 0.15) is 11.4 Å². The highest BCUT2D eigenvalue weighted by Crippen LogP contribution is 2.35. The molecule has 0 aliphatic heterocycles. The van der Waals surface area contributed by atoms with Crippen molar-refractivity contribution in [3.63, 3.8) is 0 Å². The number of H-pyrrole nitrogens is 1. The number of nitrogens with one attached hydrogen (secondary N) is 1. The SMILES string of the molecule is OC(Cc1c[nH]c2ccc(F)cc12)(c1ccccc1)c1ccccc1. The van der Waals surface area contributed by atoms with E-state index in [1.807, 2.05) is 66.9 Å². The molecule has 0 bridgehead atoms. The van der Waals surface area contributed by atoms with Crippen molar-refractivity contribution in [2.45, 2.75) is 12.0 Å². The number of aliphatic hydroxyl groups is 1. The third kappa shape index (κ3) is 2.83. The van der Waals surface area contributed by atoms with Crippen LogP contribution < -0.4 is 0 Å². The molecule has 1 heterocycles. The van der Waals surface area contributed by atoms with E-state index in [1.54, 1.807) is 6.07 Å². The Hall–Kier alpha value is -2.91. The summed E-state index contributed by atoms with van der Waals surface area (Å²) in [4.78, 5) is 3.16. The first-order chi connectivity index (χ1) is 12.2. The molecule has 124 valence electrons. The second-order valence-electron chi connectivity index (χ2n) is 6.27. The van der Waals surface area contributed by atoms with Crippen molar-refractivity contribution in [1.82, 2.24) is 4.98 Å². The molecule has 2 N–H and O–H groups in total. The molecule has 0 saturated carbocycles. The predicted molar refractivity (Wildman–Crippen MR) is 97.8 cm³/mol. The molecule has 0 aliphatic rings. The van der Waals surface area contributed by atoms with Crippen molar-refractivity contribution in [3.8, 4) is 0 Å². The van der Waals surface area contributed by atoms with E-state index in [-0.39, 0.29) is 5.82 Å². The van der Waals surface area contributed by atoms with Gasteiger partial charge < -0.3 is 10.1 Å². The van der Waals surface area contributed by atoms with Crippen molar-refractivity contribution >= 4 is 10.9 Å². The highest BCUT2D eigenvalue weighted by Gasteiger charge is 2.32. The molecule has 0 atom stereocenters. The Labute approximate surface area is 145 Å². The van der Waals surface area contributed by atoms with Crippen LogP contribution in [0.15, 0.2) is 85.1 Å². The van der Waals surface area contributed by atoms with Crippen LogP contribution in [0.2, 0.25) is 0 Å². The Kier molecular flexibility index (Phi) is 3.86. The van der Waals surface area contributed by atoms with Crippen LogP contribution in [0.5, 0.6) is 0 Å². The maximum absolute atomic E-state index is 13.7. The number of halogens is 1. The van der Waals surface area contributed by atoms with Crippen LogP contribution in [-0.4, -0.2) is 10.1 Å². The molecule has 4 aromatic rings. The summed E-state index contributed by atoms with van der Waals surface area (Å²) >= 11 is 0. The summed E-state index contributed by atoms with van der Waals surface area (Å²) in [6.45, 7) is 0. The second kappa shape index (κ2) is 6.19. The Bertz CT molecular complexity index is 953. The summed E-state index contributed by atoms with van der Waals surface area (Å²) in [5, 5.41) is 12.4.